The molecule has 0 aromatic carbocycles. The largest absolute Gasteiger partial charge is 0.282 e. The normalized spacial score (nSPS) is 12.0. The molecule has 0 saturated carbocycles. The summed E-state index contributed by atoms with van der Waals surface area (Å²) >= 11 is 0. The predicted octanol–water partition coefficient (Wildman–Crippen LogP) is 2.95. The van der Waals surface area contributed by atoms with E-state index in [1.54, 1.807) is 0 Å². The first kappa shape index (κ1) is 11.2. The zero-order valence-electron chi connectivity index (χ0n) is 8.65. The second-order valence-corrected chi connectivity index (χ2v) is 2.23. The zero-order valence-corrected chi connectivity index (χ0v) is 8.65. The van der Waals surface area contributed by atoms with E-state index in [1.165, 1.54) is 30.5 Å². The molecule has 2 nitrogen and oxygen atoms in total. The molecule has 1 heterocycles. The quantitative estimate of drug-likeness (QED) is 0.634. The van der Waals surface area contributed by atoms with Gasteiger partial charge < -0.3 is 0 Å². The third kappa shape index (κ3) is 2.68. The molecule has 0 fully saturated rings. The number of hydrogen-bond acceptors (Lipinski definition) is 1. The summed E-state index contributed by atoms with van der Waals surface area (Å²) in [6.45, 7) is 8.00. The fourth-order valence-corrected chi connectivity index (χ4v) is 1.23. The van der Waals surface area contributed by atoms with E-state index in [0.29, 0.717) is 0 Å². The Morgan fingerprint density at radius 2 is 1.83 bits per heavy atom. The smallest absolute Gasteiger partial charge is 0.0522 e. The number of H-pyrrole nitrogens is 1. The van der Waals surface area contributed by atoms with Crippen LogP contribution in [0.4, 0.5) is 0 Å². The molecule has 1 aromatic rings. The molecule has 0 unspecified atom stereocenters. The van der Waals surface area contributed by atoms with Crippen molar-refractivity contribution in [3.05, 3.63) is 17.5 Å². The van der Waals surface area contributed by atoms with Gasteiger partial charge in [-0.2, -0.15) is 5.10 Å². The molecule has 0 aliphatic heterocycles. The second kappa shape index (κ2) is 6.89. The number of rotatable bonds is 0. The van der Waals surface area contributed by atoms with Crippen LogP contribution in [0.25, 0.3) is 0 Å². The Hall–Kier alpha value is -0.790. The highest BCUT2D eigenvalue weighted by atomic mass is 15.1. The Balaban J connectivity index is 0.000000269. The van der Waals surface area contributed by atoms with E-state index in [-0.39, 0.29) is 0 Å². The number of nitrogens with zero attached hydrogens (tertiary/aromatic N) is 1. The van der Waals surface area contributed by atoms with Crippen LogP contribution < -0.4 is 0 Å². The summed E-state index contributed by atoms with van der Waals surface area (Å²) in [5.74, 6) is 0. The molecule has 12 heavy (non-hydrogen) atoms. The number of aryl methyl sites for hydroxylation is 2. The van der Waals surface area contributed by atoms with Crippen molar-refractivity contribution in [3.8, 4) is 0 Å². The third-order valence-electron chi connectivity index (χ3n) is 1.68. The minimum atomic E-state index is 1.20. The summed E-state index contributed by atoms with van der Waals surface area (Å²) in [6, 6.07) is 0. The van der Waals surface area contributed by atoms with Gasteiger partial charge in [-0.15, -0.1) is 0 Å². The highest BCUT2D eigenvalue weighted by Gasteiger charge is 2.10. The summed E-state index contributed by atoms with van der Waals surface area (Å²) in [7, 11) is 0. The van der Waals surface area contributed by atoms with Crippen molar-refractivity contribution in [2.24, 2.45) is 0 Å². The molecule has 1 aromatic heterocycles. The minimum Gasteiger partial charge on any atom is -0.282 e. The average molecular weight is 168 g/mol. The first-order valence-corrected chi connectivity index (χ1v) is 4.98. The summed E-state index contributed by atoms with van der Waals surface area (Å²) in [6.07, 6.45) is 5.67. The predicted molar refractivity (Wildman–Crippen MR) is 53.3 cm³/mol. The van der Waals surface area contributed by atoms with Gasteiger partial charge >= 0.3 is 0 Å². The van der Waals surface area contributed by atoms with E-state index < -0.39 is 0 Å². The number of fused-ring (bicyclic) bond motifs is 1. The first-order chi connectivity index (χ1) is 5.97. The molecular formula is C10H20N2. The van der Waals surface area contributed by atoms with E-state index in [0.717, 1.165) is 0 Å². The van der Waals surface area contributed by atoms with Gasteiger partial charge in [0.1, 0.15) is 0 Å². The SMILES string of the molecule is CC.CC.c1n[nH]c2c1CCC2. The van der Waals surface area contributed by atoms with Crippen molar-refractivity contribution >= 4 is 0 Å². The number of nitrogens with one attached hydrogen (secondary N) is 1. The molecule has 0 spiro atoms. The van der Waals surface area contributed by atoms with Crippen molar-refractivity contribution in [1.82, 2.24) is 10.2 Å². The van der Waals surface area contributed by atoms with E-state index >= 15 is 0 Å². The van der Waals surface area contributed by atoms with E-state index in [1.807, 2.05) is 33.9 Å². The first-order valence-electron chi connectivity index (χ1n) is 4.98. The van der Waals surface area contributed by atoms with Crippen LogP contribution in [0.3, 0.4) is 0 Å². The minimum absolute atomic E-state index is 1.20. The van der Waals surface area contributed by atoms with Crippen LogP contribution in [-0.2, 0) is 12.8 Å². The summed E-state index contributed by atoms with van der Waals surface area (Å²) in [5, 5.41) is 6.89. The van der Waals surface area contributed by atoms with Gasteiger partial charge in [0.25, 0.3) is 0 Å². The van der Waals surface area contributed by atoms with Crippen molar-refractivity contribution in [2.75, 3.05) is 0 Å². The topological polar surface area (TPSA) is 28.7 Å². The molecule has 1 aliphatic carbocycles. The zero-order chi connectivity index (χ0) is 9.40. The Morgan fingerprint density at radius 3 is 2.42 bits per heavy atom. The fraction of sp³-hybridized carbons (Fsp3) is 0.700. The third-order valence-corrected chi connectivity index (χ3v) is 1.68. The molecule has 1 aliphatic rings. The van der Waals surface area contributed by atoms with Gasteiger partial charge in [-0.05, 0) is 24.8 Å². The molecule has 0 saturated heterocycles. The lowest BCUT2D eigenvalue weighted by Gasteiger charge is -1.79. The fourth-order valence-electron chi connectivity index (χ4n) is 1.23. The molecule has 0 bridgehead atoms. The lowest BCUT2D eigenvalue weighted by atomic mass is 10.3. The Kier molecular flexibility index (Phi) is 6.44. The van der Waals surface area contributed by atoms with Gasteiger partial charge in [-0.3, -0.25) is 5.10 Å². The highest BCUT2D eigenvalue weighted by Crippen LogP contribution is 2.17. The van der Waals surface area contributed by atoms with Crippen LogP contribution in [0.2, 0.25) is 0 Å². The number of aromatic nitrogens is 2. The van der Waals surface area contributed by atoms with Gasteiger partial charge in [0.05, 0.1) is 6.20 Å². The summed E-state index contributed by atoms with van der Waals surface area (Å²) in [5.41, 5.74) is 2.77. The lowest BCUT2D eigenvalue weighted by molar-refractivity contribution is 0.864. The molecular weight excluding hydrogens is 148 g/mol. The van der Waals surface area contributed by atoms with Gasteiger partial charge in [0.15, 0.2) is 0 Å². The Labute approximate surface area is 75.4 Å². The van der Waals surface area contributed by atoms with Crippen LogP contribution in [0, 0.1) is 0 Å². The van der Waals surface area contributed by atoms with E-state index in [4.69, 9.17) is 0 Å². The molecule has 0 atom stereocenters. The van der Waals surface area contributed by atoms with Crippen LogP contribution in [-0.4, -0.2) is 10.2 Å². The lowest BCUT2D eigenvalue weighted by Crippen LogP contribution is -1.76. The van der Waals surface area contributed by atoms with Gasteiger partial charge in [0, 0.05) is 5.69 Å². The Bertz CT molecular complexity index is 173. The molecule has 70 valence electrons. The maximum atomic E-state index is 3.92. The van der Waals surface area contributed by atoms with Crippen LogP contribution >= 0.6 is 0 Å². The van der Waals surface area contributed by atoms with Crippen molar-refractivity contribution in [3.63, 3.8) is 0 Å². The van der Waals surface area contributed by atoms with Crippen LogP contribution in [0.5, 0.6) is 0 Å². The average Bonchev–Trinajstić information content (AvgIpc) is 2.72. The van der Waals surface area contributed by atoms with Crippen molar-refractivity contribution < 1.29 is 0 Å². The molecule has 0 radical (unpaired) electrons. The van der Waals surface area contributed by atoms with Crippen molar-refractivity contribution in [1.29, 1.82) is 0 Å². The molecule has 1 N–H and O–H groups in total. The highest BCUT2D eigenvalue weighted by molar-refractivity contribution is 5.20. The summed E-state index contributed by atoms with van der Waals surface area (Å²) in [4.78, 5) is 0. The maximum Gasteiger partial charge on any atom is 0.0522 e. The second-order valence-electron chi connectivity index (χ2n) is 2.23. The number of hydrogen-bond donors (Lipinski definition) is 1. The van der Waals surface area contributed by atoms with Gasteiger partial charge in [-0.25, -0.2) is 0 Å². The van der Waals surface area contributed by atoms with Crippen LogP contribution in [0.1, 0.15) is 45.4 Å². The van der Waals surface area contributed by atoms with Gasteiger partial charge in [0.2, 0.25) is 0 Å². The van der Waals surface area contributed by atoms with E-state index in [9.17, 15) is 0 Å². The maximum absolute atomic E-state index is 3.92. The van der Waals surface area contributed by atoms with Crippen LogP contribution in [0.15, 0.2) is 6.20 Å². The van der Waals surface area contributed by atoms with E-state index in [2.05, 4.69) is 10.2 Å². The van der Waals surface area contributed by atoms with Gasteiger partial charge in [-0.1, -0.05) is 27.7 Å². The monoisotopic (exact) mass is 168 g/mol. The van der Waals surface area contributed by atoms with Crippen molar-refractivity contribution in [2.45, 2.75) is 47.0 Å². The standard InChI is InChI=1S/C6H8N2.2C2H6/c1-2-5-4-7-8-6(5)3-1;2*1-2/h4H,1-3H2,(H,7,8);2*1-2H3. The summed E-state index contributed by atoms with van der Waals surface area (Å²) < 4.78 is 0. The molecule has 2 heteroatoms. The Morgan fingerprint density at radius 1 is 1.17 bits per heavy atom. The molecule has 0 amide bonds. The molecule has 2 rings (SSSR count). The number of aromatic amines is 1.